The number of aryl methyl sites for hydroxylation is 2. The summed E-state index contributed by atoms with van der Waals surface area (Å²) in [6, 6.07) is 11.3. The summed E-state index contributed by atoms with van der Waals surface area (Å²) in [5.74, 6) is -0.275. The zero-order valence-corrected chi connectivity index (χ0v) is 15.3. The first-order chi connectivity index (χ1) is 11.8. The zero-order chi connectivity index (χ0) is 18.4. The van der Waals surface area contributed by atoms with Crippen molar-refractivity contribution in [2.24, 2.45) is 0 Å². The van der Waals surface area contributed by atoms with Crippen molar-refractivity contribution in [3.05, 3.63) is 59.2 Å². The fraction of sp³-hybridized carbons (Fsp3) is 0.278. The maximum atomic E-state index is 12.5. The lowest BCUT2D eigenvalue weighted by Gasteiger charge is -2.10. The van der Waals surface area contributed by atoms with Crippen LogP contribution in [0.1, 0.15) is 21.5 Å². The molecule has 0 fully saturated rings. The molecule has 6 nitrogen and oxygen atoms in total. The second kappa shape index (κ2) is 8.13. The topological polar surface area (TPSA) is 84.5 Å². The van der Waals surface area contributed by atoms with Crippen LogP contribution in [0.25, 0.3) is 0 Å². The van der Waals surface area contributed by atoms with E-state index in [9.17, 15) is 13.2 Å². The lowest BCUT2D eigenvalue weighted by atomic mass is 10.1. The van der Waals surface area contributed by atoms with Crippen LogP contribution in [0.5, 0.6) is 0 Å². The molecule has 0 aliphatic carbocycles. The van der Waals surface area contributed by atoms with Gasteiger partial charge in [-0.05, 0) is 61.4 Å². The summed E-state index contributed by atoms with van der Waals surface area (Å²) in [7, 11) is -2.16. The third-order valence-corrected chi connectivity index (χ3v) is 4.89. The molecule has 0 saturated heterocycles. The van der Waals surface area contributed by atoms with E-state index in [1.54, 1.807) is 19.2 Å². The highest BCUT2D eigenvalue weighted by Crippen LogP contribution is 2.19. The van der Waals surface area contributed by atoms with Crippen LogP contribution >= 0.6 is 0 Å². The predicted molar refractivity (Wildman–Crippen MR) is 97.4 cm³/mol. The first kappa shape index (κ1) is 19.0. The van der Waals surface area contributed by atoms with Gasteiger partial charge in [-0.2, -0.15) is 0 Å². The second-order valence-corrected chi connectivity index (χ2v) is 7.44. The van der Waals surface area contributed by atoms with Crippen molar-refractivity contribution < 1.29 is 17.9 Å². The summed E-state index contributed by atoms with van der Waals surface area (Å²) in [5.41, 5.74) is 2.85. The molecule has 0 bridgehead atoms. The van der Waals surface area contributed by atoms with E-state index in [4.69, 9.17) is 4.74 Å². The Hall–Kier alpha value is -2.38. The highest BCUT2D eigenvalue weighted by molar-refractivity contribution is 7.92. The molecule has 25 heavy (non-hydrogen) atoms. The Labute approximate surface area is 148 Å². The van der Waals surface area contributed by atoms with Gasteiger partial charge in [0, 0.05) is 24.9 Å². The lowest BCUT2D eigenvalue weighted by molar-refractivity contribution is 0.0937. The maximum Gasteiger partial charge on any atom is 0.261 e. The molecule has 2 aromatic rings. The number of benzene rings is 2. The van der Waals surface area contributed by atoms with Crippen molar-refractivity contribution in [2.45, 2.75) is 18.7 Å². The Morgan fingerprint density at radius 1 is 1.04 bits per heavy atom. The minimum absolute atomic E-state index is 0.0973. The van der Waals surface area contributed by atoms with Gasteiger partial charge in [-0.3, -0.25) is 9.52 Å². The van der Waals surface area contributed by atoms with Gasteiger partial charge in [0.25, 0.3) is 15.9 Å². The number of ether oxygens (including phenoxy) is 1. The van der Waals surface area contributed by atoms with Gasteiger partial charge >= 0.3 is 0 Å². The van der Waals surface area contributed by atoms with E-state index in [-0.39, 0.29) is 10.8 Å². The van der Waals surface area contributed by atoms with Gasteiger partial charge in [-0.1, -0.05) is 6.07 Å². The molecule has 0 atom stereocenters. The normalized spacial score (nSPS) is 11.2. The summed E-state index contributed by atoms with van der Waals surface area (Å²) in [6.45, 7) is 4.62. The van der Waals surface area contributed by atoms with E-state index in [1.807, 2.05) is 19.9 Å². The van der Waals surface area contributed by atoms with Crippen LogP contribution in [0.15, 0.2) is 47.4 Å². The molecule has 0 aromatic heterocycles. The first-order valence-electron chi connectivity index (χ1n) is 7.80. The van der Waals surface area contributed by atoms with E-state index in [0.717, 1.165) is 11.1 Å². The molecule has 0 aliphatic rings. The molecule has 7 heteroatoms. The highest BCUT2D eigenvalue weighted by atomic mass is 32.2. The summed E-state index contributed by atoms with van der Waals surface area (Å²) >= 11 is 0. The Morgan fingerprint density at radius 3 is 2.20 bits per heavy atom. The highest BCUT2D eigenvalue weighted by Gasteiger charge is 2.15. The van der Waals surface area contributed by atoms with Crippen molar-refractivity contribution >= 4 is 21.6 Å². The molecule has 2 rings (SSSR count). The van der Waals surface area contributed by atoms with Gasteiger partial charge in [-0.25, -0.2) is 8.42 Å². The molecule has 0 heterocycles. The number of sulfonamides is 1. The Kier molecular flexibility index (Phi) is 6.17. The summed E-state index contributed by atoms with van der Waals surface area (Å²) in [6.07, 6.45) is 0. The summed E-state index contributed by atoms with van der Waals surface area (Å²) in [4.78, 5) is 12.0. The number of nitrogens with one attached hydrogen (secondary N) is 2. The Balaban J connectivity index is 2.13. The predicted octanol–water partition coefficient (Wildman–Crippen LogP) is 2.48. The molecular weight excluding hydrogens is 340 g/mol. The number of rotatable bonds is 7. The molecule has 0 saturated carbocycles. The van der Waals surface area contributed by atoms with Crippen LogP contribution in [0.2, 0.25) is 0 Å². The van der Waals surface area contributed by atoms with Gasteiger partial charge < -0.3 is 10.1 Å². The summed E-state index contributed by atoms with van der Waals surface area (Å²) < 4.78 is 32.4. The Bertz CT molecular complexity index is 826. The van der Waals surface area contributed by atoms with Crippen molar-refractivity contribution in [1.82, 2.24) is 5.32 Å². The summed E-state index contributed by atoms with van der Waals surface area (Å²) in [5, 5.41) is 2.68. The number of amides is 1. The lowest BCUT2D eigenvalue weighted by Crippen LogP contribution is -2.26. The molecule has 2 N–H and O–H groups in total. The van der Waals surface area contributed by atoms with Gasteiger partial charge in [0.05, 0.1) is 11.5 Å². The molecule has 0 spiro atoms. The second-order valence-electron chi connectivity index (χ2n) is 5.75. The SMILES string of the molecule is COCCNC(=O)c1ccc(S(=O)(=O)Nc2cc(C)cc(C)c2)cc1. The first-order valence-corrected chi connectivity index (χ1v) is 9.28. The standard InChI is InChI=1S/C18H22N2O4S/c1-13-10-14(2)12-16(11-13)20-25(22,23)17-6-4-15(5-7-17)18(21)19-8-9-24-3/h4-7,10-12,20H,8-9H2,1-3H3,(H,19,21). The number of hydrogen-bond donors (Lipinski definition) is 2. The number of carbonyl (C=O) groups is 1. The van der Waals surface area contributed by atoms with Crippen LogP contribution in [-0.2, 0) is 14.8 Å². The number of methoxy groups -OCH3 is 1. The maximum absolute atomic E-state index is 12.5. The van der Waals surface area contributed by atoms with Crippen molar-refractivity contribution in [3.63, 3.8) is 0 Å². The third kappa shape index (κ3) is 5.30. The fourth-order valence-electron chi connectivity index (χ4n) is 2.40. The largest absolute Gasteiger partial charge is 0.383 e. The average Bonchev–Trinajstić information content (AvgIpc) is 2.53. The van der Waals surface area contributed by atoms with Crippen LogP contribution in [-0.4, -0.2) is 34.6 Å². The Morgan fingerprint density at radius 2 is 1.64 bits per heavy atom. The van der Waals surface area contributed by atoms with Crippen molar-refractivity contribution in [3.8, 4) is 0 Å². The van der Waals surface area contributed by atoms with E-state index in [2.05, 4.69) is 10.0 Å². The van der Waals surface area contributed by atoms with Crippen LogP contribution < -0.4 is 10.0 Å². The average molecular weight is 362 g/mol. The number of hydrogen-bond acceptors (Lipinski definition) is 4. The smallest absolute Gasteiger partial charge is 0.261 e. The molecule has 0 aliphatic heterocycles. The van der Waals surface area contributed by atoms with E-state index in [0.29, 0.717) is 24.4 Å². The number of carbonyl (C=O) groups excluding carboxylic acids is 1. The van der Waals surface area contributed by atoms with E-state index >= 15 is 0 Å². The van der Waals surface area contributed by atoms with Gasteiger partial charge in [0.15, 0.2) is 0 Å². The van der Waals surface area contributed by atoms with Gasteiger partial charge in [0.2, 0.25) is 0 Å². The zero-order valence-electron chi connectivity index (χ0n) is 14.5. The van der Waals surface area contributed by atoms with Crippen LogP contribution in [0, 0.1) is 13.8 Å². The molecule has 0 radical (unpaired) electrons. The molecular formula is C18H22N2O4S. The third-order valence-electron chi connectivity index (χ3n) is 3.49. The van der Waals surface area contributed by atoms with E-state index in [1.165, 1.54) is 24.3 Å². The molecule has 0 unspecified atom stereocenters. The quantitative estimate of drug-likeness (QED) is 0.741. The van der Waals surface area contributed by atoms with Crippen LogP contribution in [0.3, 0.4) is 0 Å². The molecule has 2 aromatic carbocycles. The molecule has 134 valence electrons. The van der Waals surface area contributed by atoms with Crippen molar-refractivity contribution in [1.29, 1.82) is 0 Å². The van der Waals surface area contributed by atoms with Crippen LogP contribution in [0.4, 0.5) is 5.69 Å². The van der Waals surface area contributed by atoms with Crippen molar-refractivity contribution in [2.75, 3.05) is 25.0 Å². The monoisotopic (exact) mass is 362 g/mol. The minimum atomic E-state index is -3.71. The van der Waals surface area contributed by atoms with Gasteiger partial charge in [-0.15, -0.1) is 0 Å². The van der Waals surface area contributed by atoms with Gasteiger partial charge in [0.1, 0.15) is 0 Å². The fourth-order valence-corrected chi connectivity index (χ4v) is 3.44. The minimum Gasteiger partial charge on any atom is -0.383 e. The van der Waals surface area contributed by atoms with E-state index < -0.39 is 10.0 Å². The molecule has 1 amide bonds. The number of anilines is 1.